The van der Waals surface area contributed by atoms with E-state index in [1.54, 1.807) is 12.1 Å². The molecule has 45 heavy (non-hydrogen) atoms. The molecular formula is C35H50FN5O4. The topological polar surface area (TPSA) is 78.5 Å². The number of pyridine rings is 1. The van der Waals surface area contributed by atoms with E-state index in [9.17, 15) is 14.0 Å². The molecule has 0 spiro atoms. The predicted molar refractivity (Wildman–Crippen MR) is 173 cm³/mol. The van der Waals surface area contributed by atoms with E-state index >= 15 is 0 Å². The molecule has 4 atom stereocenters. The van der Waals surface area contributed by atoms with Gasteiger partial charge in [0.25, 0.3) is 0 Å². The van der Waals surface area contributed by atoms with Crippen molar-refractivity contribution >= 4 is 17.7 Å². The van der Waals surface area contributed by atoms with E-state index in [2.05, 4.69) is 43.6 Å². The average Bonchev–Trinajstić information content (AvgIpc) is 3.22. The number of carbonyl (C=O) groups is 2. The molecule has 0 bridgehead atoms. The van der Waals surface area contributed by atoms with Gasteiger partial charge in [0.2, 0.25) is 5.91 Å². The van der Waals surface area contributed by atoms with Gasteiger partial charge >= 0.3 is 6.09 Å². The molecule has 10 heteroatoms. The van der Waals surface area contributed by atoms with Crippen LogP contribution in [0.1, 0.15) is 72.2 Å². The first-order valence-corrected chi connectivity index (χ1v) is 16.2. The Bertz CT molecular complexity index is 1380. The van der Waals surface area contributed by atoms with Gasteiger partial charge in [-0.15, -0.1) is 0 Å². The van der Waals surface area contributed by atoms with Crippen molar-refractivity contribution in [1.29, 1.82) is 0 Å². The molecule has 0 N–H and O–H groups in total. The zero-order valence-corrected chi connectivity index (χ0v) is 28.2. The zero-order valence-electron chi connectivity index (χ0n) is 28.2. The monoisotopic (exact) mass is 623 g/mol. The van der Waals surface area contributed by atoms with Crippen LogP contribution in [0, 0.1) is 5.82 Å². The lowest BCUT2D eigenvalue weighted by molar-refractivity contribution is -0.122. The van der Waals surface area contributed by atoms with E-state index in [0.717, 1.165) is 35.6 Å². The maximum Gasteiger partial charge on any atom is 0.410 e. The first kappa shape index (κ1) is 33.3. The number of aromatic nitrogens is 1. The minimum atomic E-state index is -0.590. The second kappa shape index (κ2) is 13.0. The third kappa shape index (κ3) is 7.84. The quantitative estimate of drug-likeness (QED) is 0.455. The number of hydrogen-bond acceptors (Lipinski definition) is 7. The van der Waals surface area contributed by atoms with Crippen LogP contribution >= 0.6 is 0 Å². The van der Waals surface area contributed by atoms with Gasteiger partial charge in [0.1, 0.15) is 11.4 Å². The number of halogens is 1. The molecule has 2 saturated heterocycles. The van der Waals surface area contributed by atoms with Crippen LogP contribution in [0.25, 0.3) is 0 Å². The van der Waals surface area contributed by atoms with Crippen molar-refractivity contribution in [3.8, 4) is 0 Å². The number of amides is 2. The molecule has 4 heterocycles. The Morgan fingerprint density at radius 1 is 1.02 bits per heavy atom. The fourth-order valence-electron chi connectivity index (χ4n) is 6.74. The largest absolute Gasteiger partial charge is 0.444 e. The normalized spacial score (nSPS) is 25.7. The lowest BCUT2D eigenvalue weighted by Crippen LogP contribution is -2.64. The van der Waals surface area contributed by atoms with Gasteiger partial charge in [0, 0.05) is 62.5 Å². The van der Waals surface area contributed by atoms with Gasteiger partial charge in [-0.1, -0.05) is 26.0 Å². The Morgan fingerprint density at radius 3 is 2.42 bits per heavy atom. The molecule has 3 aliphatic rings. The second-order valence-electron chi connectivity index (χ2n) is 14.9. The summed E-state index contributed by atoms with van der Waals surface area (Å²) in [5, 5.41) is 0. The Hall–Kier alpha value is -3.08. The van der Waals surface area contributed by atoms with Crippen LogP contribution in [0.15, 0.2) is 36.5 Å². The molecule has 2 fully saturated rings. The lowest BCUT2D eigenvalue weighted by Gasteiger charge is -2.48. The van der Waals surface area contributed by atoms with Gasteiger partial charge < -0.3 is 19.3 Å². The highest BCUT2D eigenvalue weighted by Gasteiger charge is 2.43. The fraction of sp³-hybridized carbons (Fsp3) is 0.629. The van der Waals surface area contributed by atoms with Gasteiger partial charge in [-0.3, -0.25) is 19.6 Å². The summed E-state index contributed by atoms with van der Waals surface area (Å²) < 4.78 is 25.1. The summed E-state index contributed by atoms with van der Waals surface area (Å²) in [6.07, 6.45) is 2.28. The Morgan fingerprint density at radius 2 is 1.73 bits per heavy atom. The number of ether oxygens (including phenoxy) is 2. The summed E-state index contributed by atoms with van der Waals surface area (Å²) in [5.74, 6) is -0.240. The van der Waals surface area contributed by atoms with E-state index in [4.69, 9.17) is 14.5 Å². The Labute approximate surface area is 267 Å². The van der Waals surface area contributed by atoms with Crippen molar-refractivity contribution in [3.63, 3.8) is 0 Å². The van der Waals surface area contributed by atoms with Crippen LogP contribution in [0.5, 0.6) is 0 Å². The van der Waals surface area contributed by atoms with Crippen LogP contribution in [0.3, 0.4) is 0 Å². The molecule has 2 amide bonds. The van der Waals surface area contributed by atoms with Crippen molar-refractivity contribution in [2.45, 2.75) is 97.1 Å². The van der Waals surface area contributed by atoms with Crippen molar-refractivity contribution in [2.24, 2.45) is 0 Å². The van der Waals surface area contributed by atoms with Gasteiger partial charge in [-0.25, -0.2) is 9.18 Å². The van der Waals surface area contributed by atoms with Gasteiger partial charge in [0.15, 0.2) is 0 Å². The molecular weight excluding hydrogens is 573 g/mol. The third-order valence-electron chi connectivity index (χ3n) is 9.14. The average molecular weight is 624 g/mol. The summed E-state index contributed by atoms with van der Waals surface area (Å²) in [7, 11) is 0. The zero-order chi connectivity index (χ0) is 32.7. The standard InChI is InChI=1S/C35H50FN5O4/c1-23-16-39(29(18-38-17-25(3)44-21-24(38)2)19-40(23)33(43)45-34(4,5)6)20-31(42)41-22-35(7,8)32-30(41)14-27(15-37-32)13-26-9-11-28(36)12-10-26/h9-12,14-15,23-25,29H,13,16-22H2,1-8H3/t23-,24-,25-,29+/m1/s1. The molecule has 0 aliphatic carbocycles. The Kier molecular flexibility index (Phi) is 9.59. The molecule has 0 unspecified atom stereocenters. The number of piperazine rings is 1. The molecule has 0 saturated carbocycles. The van der Waals surface area contributed by atoms with Crippen LogP contribution in [-0.2, 0) is 26.1 Å². The van der Waals surface area contributed by atoms with Gasteiger partial charge in [0.05, 0.1) is 30.6 Å². The number of anilines is 1. The first-order valence-electron chi connectivity index (χ1n) is 16.2. The lowest BCUT2D eigenvalue weighted by atomic mass is 9.91. The van der Waals surface area contributed by atoms with E-state index in [1.165, 1.54) is 12.1 Å². The summed E-state index contributed by atoms with van der Waals surface area (Å²) in [6, 6.07) is 8.63. The minimum Gasteiger partial charge on any atom is -0.444 e. The number of fused-ring (bicyclic) bond motifs is 1. The third-order valence-corrected chi connectivity index (χ3v) is 9.14. The maximum absolute atomic E-state index is 14.2. The molecule has 2 aromatic rings. The number of morpholine rings is 1. The molecule has 9 nitrogen and oxygen atoms in total. The number of rotatable bonds is 6. The molecule has 246 valence electrons. The van der Waals surface area contributed by atoms with Crippen molar-refractivity contribution < 1.29 is 23.5 Å². The van der Waals surface area contributed by atoms with Crippen LogP contribution in [0.2, 0.25) is 0 Å². The van der Waals surface area contributed by atoms with Crippen LogP contribution in [0.4, 0.5) is 14.9 Å². The van der Waals surface area contributed by atoms with E-state index in [0.29, 0.717) is 32.7 Å². The van der Waals surface area contributed by atoms with E-state index in [1.807, 2.05) is 43.7 Å². The van der Waals surface area contributed by atoms with Gasteiger partial charge in [-0.05, 0) is 77.3 Å². The smallest absolute Gasteiger partial charge is 0.410 e. The van der Waals surface area contributed by atoms with Crippen LogP contribution < -0.4 is 4.90 Å². The summed E-state index contributed by atoms with van der Waals surface area (Å²) in [5.41, 5.74) is 2.84. The highest BCUT2D eigenvalue weighted by molar-refractivity contribution is 5.97. The first-order chi connectivity index (χ1) is 21.1. The SMILES string of the molecule is C[C@@H]1CN(C[C@H]2CN(C(=O)OC(C)(C)C)[C@H](C)CN2CC(=O)N2CC(C)(C)c3ncc(Cc4ccc(F)cc4)cc32)[C@H](C)CO1. The minimum absolute atomic E-state index is 0.0221. The number of nitrogens with zero attached hydrogens (tertiary/aromatic N) is 5. The summed E-state index contributed by atoms with van der Waals surface area (Å²) in [4.78, 5) is 40.7. The fourth-order valence-corrected chi connectivity index (χ4v) is 6.74. The number of benzene rings is 1. The number of hydrogen-bond donors (Lipinski definition) is 0. The molecule has 5 rings (SSSR count). The molecule has 3 aliphatic heterocycles. The highest BCUT2D eigenvalue weighted by Crippen LogP contribution is 2.40. The maximum atomic E-state index is 14.2. The van der Waals surface area contributed by atoms with E-state index in [-0.39, 0.29) is 54.0 Å². The predicted octanol–water partition coefficient (Wildman–Crippen LogP) is 4.85. The highest BCUT2D eigenvalue weighted by atomic mass is 19.1. The second-order valence-corrected chi connectivity index (χ2v) is 14.9. The van der Waals surface area contributed by atoms with Crippen molar-refractivity contribution in [2.75, 3.05) is 50.8 Å². The van der Waals surface area contributed by atoms with Gasteiger partial charge in [-0.2, -0.15) is 0 Å². The van der Waals surface area contributed by atoms with Crippen LogP contribution in [-0.4, -0.2) is 107 Å². The summed E-state index contributed by atoms with van der Waals surface area (Å²) >= 11 is 0. The van der Waals surface area contributed by atoms with E-state index < -0.39 is 5.60 Å². The molecule has 1 aromatic carbocycles. The summed E-state index contributed by atoms with van der Waals surface area (Å²) in [6.45, 7) is 20.2. The Balaban J connectivity index is 1.37. The number of carbonyl (C=O) groups excluding carboxylic acids is 2. The van der Waals surface area contributed by atoms with Crippen molar-refractivity contribution in [3.05, 3.63) is 59.2 Å². The molecule has 0 radical (unpaired) electrons. The van der Waals surface area contributed by atoms with Crippen molar-refractivity contribution in [1.82, 2.24) is 19.7 Å². The molecule has 1 aromatic heterocycles.